The van der Waals surface area contributed by atoms with E-state index in [4.69, 9.17) is 15.8 Å². The first kappa shape index (κ1) is 12.8. The van der Waals surface area contributed by atoms with E-state index < -0.39 is 10.1 Å². The Hall–Kier alpha value is -1.67. The normalized spacial score (nSPS) is 11.5. The molecule has 0 N–H and O–H groups in total. The summed E-state index contributed by atoms with van der Waals surface area (Å²) in [7, 11) is -3.64. The number of hydrogen-bond acceptors (Lipinski definition) is 6. The van der Waals surface area contributed by atoms with E-state index in [9.17, 15) is 8.42 Å². The van der Waals surface area contributed by atoms with E-state index in [2.05, 4.69) is 15.3 Å². The SMILES string of the molecule is Cc1cc(OS(C)(=O)=O)n(-c2ccc(Cl)nn2)n1. The monoisotopic (exact) mass is 288 g/mol. The summed E-state index contributed by atoms with van der Waals surface area (Å²) in [4.78, 5) is 0. The minimum absolute atomic E-state index is 0.0478. The number of rotatable bonds is 3. The molecule has 0 unspecified atom stereocenters. The van der Waals surface area contributed by atoms with Crippen molar-refractivity contribution in [2.45, 2.75) is 6.92 Å². The predicted molar refractivity (Wildman–Crippen MR) is 64.4 cm³/mol. The van der Waals surface area contributed by atoms with E-state index in [0.717, 1.165) is 6.26 Å². The highest BCUT2D eigenvalue weighted by Gasteiger charge is 2.14. The van der Waals surface area contributed by atoms with Crippen LogP contribution in [-0.4, -0.2) is 34.7 Å². The third-order valence-corrected chi connectivity index (χ3v) is 2.55. The summed E-state index contributed by atoms with van der Waals surface area (Å²) >= 11 is 5.62. The average molecular weight is 289 g/mol. The van der Waals surface area contributed by atoms with Gasteiger partial charge in [-0.2, -0.15) is 18.2 Å². The highest BCUT2D eigenvalue weighted by molar-refractivity contribution is 7.86. The Balaban J connectivity index is 2.47. The first-order valence-corrected chi connectivity index (χ1v) is 7.00. The topological polar surface area (TPSA) is 87.0 Å². The van der Waals surface area contributed by atoms with Crippen LogP contribution in [0.1, 0.15) is 5.69 Å². The Morgan fingerprint density at radius 1 is 1.33 bits per heavy atom. The van der Waals surface area contributed by atoms with Crippen LogP contribution in [0.3, 0.4) is 0 Å². The third-order valence-electron chi connectivity index (χ3n) is 1.87. The second kappa shape index (κ2) is 4.54. The van der Waals surface area contributed by atoms with E-state index in [-0.39, 0.29) is 11.0 Å². The molecule has 0 aliphatic rings. The minimum atomic E-state index is -3.64. The maximum atomic E-state index is 11.1. The zero-order valence-corrected chi connectivity index (χ0v) is 11.1. The second-order valence-corrected chi connectivity index (χ2v) is 5.50. The summed E-state index contributed by atoms with van der Waals surface area (Å²) < 4.78 is 28.3. The van der Waals surface area contributed by atoms with Crippen LogP contribution in [0.2, 0.25) is 5.15 Å². The molecule has 0 amide bonds. The van der Waals surface area contributed by atoms with E-state index in [1.807, 2.05) is 0 Å². The van der Waals surface area contributed by atoms with Gasteiger partial charge < -0.3 is 4.18 Å². The fourth-order valence-corrected chi connectivity index (χ4v) is 1.81. The lowest BCUT2D eigenvalue weighted by atomic mass is 10.5. The molecule has 2 heterocycles. The van der Waals surface area contributed by atoms with Crippen LogP contribution < -0.4 is 4.18 Å². The maximum absolute atomic E-state index is 11.1. The van der Waals surface area contributed by atoms with Gasteiger partial charge in [0.15, 0.2) is 11.0 Å². The third kappa shape index (κ3) is 2.96. The number of nitrogens with zero attached hydrogens (tertiary/aromatic N) is 4. The van der Waals surface area contributed by atoms with Gasteiger partial charge in [0.05, 0.1) is 11.9 Å². The summed E-state index contributed by atoms with van der Waals surface area (Å²) in [6.45, 7) is 1.70. The Morgan fingerprint density at radius 2 is 2.06 bits per heavy atom. The summed E-state index contributed by atoms with van der Waals surface area (Å²) in [5.41, 5.74) is 0.588. The first-order valence-electron chi connectivity index (χ1n) is 4.81. The molecule has 18 heavy (non-hydrogen) atoms. The molecule has 0 fully saturated rings. The lowest BCUT2D eigenvalue weighted by Crippen LogP contribution is -2.11. The molecule has 0 saturated heterocycles. The molecule has 2 aromatic heterocycles. The number of aryl methyl sites for hydroxylation is 1. The molecule has 9 heteroatoms. The molecular weight excluding hydrogens is 280 g/mol. The van der Waals surface area contributed by atoms with Gasteiger partial charge in [-0.05, 0) is 19.1 Å². The van der Waals surface area contributed by atoms with Gasteiger partial charge in [-0.1, -0.05) is 11.6 Å². The van der Waals surface area contributed by atoms with Crippen LogP contribution in [0.4, 0.5) is 0 Å². The fourth-order valence-electron chi connectivity index (χ4n) is 1.28. The molecule has 2 rings (SSSR count). The standard InChI is InChI=1S/C9H9ClN4O3S/c1-6-5-9(17-18(2,15)16)14(13-6)8-4-3-7(10)11-12-8/h3-5H,1-2H3. The van der Waals surface area contributed by atoms with Crippen LogP contribution in [0.25, 0.3) is 5.82 Å². The van der Waals surface area contributed by atoms with Crippen LogP contribution in [-0.2, 0) is 10.1 Å². The molecule has 0 aliphatic carbocycles. The molecule has 96 valence electrons. The van der Waals surface area contributed by atoms with Gasteiger partial charge in [0, 0.05) is 6.07 Å². The fraction of sp³-hybridized carbons (Fsp3) is 0.222. The van der Waals surface area contributed by atoms with Gasteiger partial charge in [-0.3, -0.25) is 0 Å². The predicted octanol–water partition coefficient (Wildman–Crippen LogP) is 0.963. The lowest BCUT2D eigenvalue weighted by Gasteiger charge is -2.05. The van der Waals surface area contributed by atoms with Crippen molar-refractivity contribution >= 4 is 21.7 Å². The van der Waals surface area contributed by atoms with E-state index in [1.165, 1.54) is 16.8 Å². The highest BCUT2D eigenvalue weighted by atomic mass is 35.5. The quantitative estimate of drug-likeness (QED) is 0.782. The Bertz CT molecular complexity index is 666. The number of halogens is 1. The average Bonchev–Trinajstić information content (AvgIpc) is 2.58. The molecule has 0 saturated carbocycles. The van der Waals surface area contributed by atoms with Gasteiger partial charge in [0.25, 0.3) is 0 Å². The van der Waals surface area contributed by atoms with Gasteiger partial charge in [0.2, 0.25) is 5.88 Å². The molecule has 0 atom stereocenters. The molecule has 0 aromatic carbocycles. The van der Waals surface area contributed by atoms with Crippen molar-refractivity contribution < 1.29 is 12.6 Å². The van der Waals surface area contributed by atoms with E-state index in [0.29, 0.717) is 11.5 Å². The summed E-state index contributed by atoms with van der Waals surface area (Å²) in [6.07, 6.45) is 0.952. The molecule has 0 bridgehead atoms. The Labute approximate surface area is 108 Å². The zero-order valence-electron chi connectivity index (χ0n) is 9.53. The first-order chi connectivity index (χ1) is 8.35. The largest absolute Gasteiger partial charge is 0.362 e. The summed E-state index contributed by atoms with van der Waals surface area (Å²) in [6, 6.07) is 4.55. The van der Waals surface area contributed by atoms with Crippen molar-refractivity contribution in [2.24, 2.45) is 0 Å². The van der Waals surface area contributed by atoms with Gasteiger partial charge in [-0.25, -0.2) is 0 Å². The second-order valence-electron chi connectivity index (χ2n) is 3.54. The molecule has 0 radical (unpaired) electrons. The van der Waals surface area contributed by atoms with Crippen LogP contribution in [0, 0.1) is 6.92 Å². The van der Waals surface area contributed by atoms with Crippen molar-refractivity contribution in [3.63, 3.8) is 0 Å². The van der Waals surface area contributed by atoms with Crippen LogP contribution in [0.15, 0.2) is 18.2 Å². The van der Waals surface area contributed by atoms with Crippen molar-refractivity contribution in [1.82, 2.24) is 20.0 Å². The summed E-state index contributed by atoms with van der Waals surface area (Å²) in [5.74, 6) is 0.359. The highest BCUT2D eigenvalue weighted by Crippen LogP contribution is 2.19. The lowest BCUT2D eigenvalue weighted by molar-refractivity contribution is 0.469. The Kier molecular flexibility index (Phi) is 3.22. The van der Waals surface area contributed by atoms with Crippen LogP contribution >= 0.6 is 11.6 Å². The van der Waals surface area contributed by atoms with Crippen molar-refractivity contribution in [3.8, 4) is 11.7 Å². The van der Waals surface area contributed by atoms with Gasteiger partial charge in [0.1, 0.15) is 0 Å². The molecule has 0 spiro atoms. The van der Waals surface area contributed by atoms with Crippen molar-refractivity contribution in [1.29, 1.82) is 0 Å². The van der Waals surface area contributed by atoms with Gasteiger partial charge >= 0.3 is 10.1 Å². The number of hydrogen-bond donors (Lipinski definition) is 0. The smallest absolute Gasteiger partial charge is 0.307 e. The molecule has 0 aliphatic heterocycles. The summed E-state index contributed by atoms with van der Waals surface area (Å²) in [5, 5.41) is 11.8. The van der Waals surface area contributed by atoms with Crippen LogP contribution in [0.5, 0.6) is 5.88 Å². The minimum Gasteiger partial charge on any atom is -0.362 e. The van der Waals surface area contributed by atoms with Crippen molar-refractivity contribution in [2.75, 3.05) is 6.26 Å². The molecule has 7 nitrogen and oxygen atoms in total. The molecular formula is C9H9ClN4O3S. The maximum Gasteiger partial charge on any atom is 0.307 e. The zero-order chi connectivity index (χ0) is 13.3. The Morgan fingerprint density at radius 3 is 2.61 bits per heavy atom. The van der Waals surface area contributed by atoms with E-state index in [1.54, 1.807) is 13.0 Å². The van der Waals surface area contributed by atoms with E-state index >= 15 is 0 Å². The van der Waals surface area contributed by atoms with Crippen molar-refractivity contribution in [3.05, 3.63) is 29.0 Å². The number of aromatic nitrogens is 4. The molecule has 2 aromatic rings. The van der Waals surface area contributed by atoms with Gasteiger partial charge in [-0.15, -0.1) is 10.2 Å².